The maximum atomic E-state index is 5.57. The van der Waals surface area contributed by atoms with Crippen molar-refractivity contribution in [2.45, 2.75) is 39.8 Å². The molecule has 108 valence electrons. The van der Waals surface area contributed by atoms with E-state index in [1.807, 2.05) is 13.8 Å². The topological polar surface area (TPSA) is 82.9 Å². The third-order valence-corrected chi connectivity index (χ3v) is 3.43. The van der Waals surface area contributed by atoms with Crippen molar-refractivity contribution in [3.05, 3.63) is 11.6 Å². The summed E-state index contributed by atoms with van der Waals surface area (Å²) in [6, 6.07) is 0.852. The molecule has 0 saturated carbocycles. The molecule has 1 saturated heterocycles. The van der Waals surface area contributed by atoms with Gasteiger partial charge < -0.3 is 14.6 Å². The number of anilines is 1. The molecule has 7 nitrogen and oxygen atoms in total. The van der Waals surface area contributed by atoms with Crippen LogP contribution in [0.1, 0.15) is 25.4 Å². The van der Waals surface area contributed by atoms with Crippen molar-refractivity contribution in [3.8, 4) is 11.6 Å². The summed E-state index contributed by atoms with van der Waals surface area (Å²) in [7, 11) is 0. The van der Waals surface area contributed by atoms with E-state index in [4.69, 9.17) is 4.42 Å². The Labute approximate surface area is 117 Å². The van der Waals surface area contributed by atoms with Crippen molar-refractivity contribution in [3.63, 3.8) is 0 Å². The minimum Gasteiger partial charge on any atom is -0.437 e. The monoisotopic (exact) mass is 276 g/mol. The Kier molecular flexibility index (Phi) is 3.21. The Morgan fingerprint density at radius 1 is 1.15 bits per heavy atom. The molecule has 1 aliphatic heterocycles. The summed E-state index contributed by atoms with van der Waals surface area (Å²) in [4.78, 5) is 11.0. The zero-order valence-electron chi connectivity index (χ0n) is 12.3. The Morgan fingerprint density at radius 3 is 2.45 bits per heavy atom. The first-order valence-electron chi connectivity index (χ1n) is 6.90. The molecule has 0 bridgehead atoms. The van der Waals surface area contributed by atoms with Crippen molar-refractivity contribution in [1.82, 2.24) is 25.5 Å². The standard InChI is InChI=1S/C13H20N6O/c1-7-5-19(6-8(2)14-7)13-16-12(17-18-13)11-9(3)15-10(4)20-11/h7-8,14H,5-6H2,1-4H3,(H,16,17,18). The van der Waals surface area contributed by atoms with Crippen LogP contribution in [0.4, 0.5) is 5.95 Å². The van der Waals surface area contributed by atoms with E-state index >= 15 is 0 Å². The summed E-state index contributed by atoms with van der Waals surface area (Å²) in [5.74, 6) is 2.66. The molecular formula is C13H20N6O. The average molecular weight is 276 g/mol. The third-order valence-electron chi connectivity index (χ3n) is 3.43. The number of H-pyrrole nitrogens is 1. The van der Waals surface area contributed by atoms with Gasteiger partial charge in [-0.05, 0) is 20.8 Å². The number of nitrogens with zero attached hydrogens (tertiary/aromatic N) is 4. The van der Waals surface area contributed by atoms with Crippen LogP contribution >= 0.6 is 0 Å². The lowest BCUT2D eigenvalue weighted by Gasteiger charge is -2.35. The summed E-state index contributed by atoms with van der Waals surface area (Å²) in [5.41, 5.74) is 0.826. The fourth-order valence-corrected chi connectivity index (χ4v) is 2.74. The van der Waals surface area contributed by atoms with Gasteiger partial charge in [0.15, 0.2) is 17.5 Å². The van der Waals surface area contributed by atoms with E-state index in [1.165, 1.54) is 0 Å². The highest BCUT2D eigenvalue weighted by molar-refractivity contribution is 5.52. The van der Waals surface area contributed by atoms with Crippen molar-refractivity contribution in [2.24, 2.45) is 0 Å². The Morgan fingerprint density at radius 2 is 1.85 bits per heavy atom. The van der Waals surface area contributed by atoms with Crippen LogP contribution in [0.25, 0.3) is 11.6 Å². The lowest BCUT2D eigenvalue weighted by molar-refractivity contribution is 0.403. The van der Waals surface area contributed by atoms with Gasteiger partial charge in [0.05, 0.1) is 5.69 Å². The van der Waals surface area contributed by atoms with Gasteiger partial charge in [0.25, 0.3) is 0 Å². The molecule has 1 fully saturated rings. The highest BCUT2D eigenvalue weighted by atomic mass is 16.4. The Bertz CT molecular complexity index is 594. The normalized spacial score (nSPS) is 23.3. The molecule has 0 aromatic carbocycles. The number of piperazine rings is 1. The minimum absolute atomic E-state index is 0.426. The van der Waals surface area contributed by atoms with Crippen molar-refractivity contribution in [2.75, 3.05) is 18.0 Å². The molecule has 2 atom stereocenters. The molecule has 20 heavy (non-hydrogen) atoms. The summed E-state index contributed by atoms with van der Waals surface area (Å²) in [6.07, 6.45) is 0. The van der Waals surface area contributed by atoms with Gasteiger partial charge in [-0.3, -0.25) is 5.10 Å². The molecule has 0 radical (unpaired) electrons. The van der Waals surface area contributed by atoms with Crippen LogP contribution in [0.5, 0.6) is 0 Å². The molecule has 0 amide bonds. The van der Waals surface area contributed by atoms with E-state index in [9.17, 15) is 0 Å². The van der Waals surface area contributed by atoms with Crippen LogP contribution < -0.4 is 10.2 Å². The second-order valence-corrected chi connectivity index (χ2v) is 5.51. The lowest BCUT2D eigenvalue weighted by Crippen LogP contribution is -2.54. The average Bonchev–Trinajstić information content (AvgIpc) is 2.94. The van der Waals surface area contributed by atoms with Gasteiger partial charge >= 0.3 is 0 Å². The van der Waals surface area contributed by atoms with Crippen LogP contribution in [-0.4, -0.2) is 45.3 Å². The number of rotatable bonds is 2. The Balaban J connectivity index is 1.85. The highest BCUT2D eigenvalue weighted by Crippen LogP contribution is 2.23. The fourth-order valence-electron chi connectivity index (χ4n) is 2.74. The highest BCUT2D eigenvalue weighted by Gasteiger charge is 2.24. The number of hydrogen-bond donors (Lipinski definition) is 2. The van der Waals surface area contributed by atoms with Crippen LogP contribution in [-0.2, 0) is 0 Å². The molecular weight excluding hydrogens is 256 g/mol. The second kappa shape index (κ2) is 4.90. The van der Waals surface area contributed by atoms with E-state index in [0.717, 1.165) is 18.8 Å². The number of aromatic amines is 1. The minimum atomic E-state index is 0.426. The summed E-state index contributed by atoms with van der Waals surface area (Å²) in [5, 5.41) is 10.7. The Hall–Kier alpha value is -1.89. The maximum Gasteiger partial charge on any atom is 0.245 e. The maximum absolute atomic E-state index is 5.57. The van der Waals surface area contributed by atoms with Gasteiger partial charge in [0.2, 0.25) is 5.95 Å². The molecule has 0 spiro atoms. The largest absolute Gasteiger partial charge is 0.437 e. The van der Waals surface area contributed by atoms with Crippen molar-refractivity contribution < 1.29 is 4.42 Å². The number of oxazole rings is 1. The first-order chi connectivity index (χ1) is 9.52. The number of aryl methyl sites for hydroxylation is 2. The molecule has 0 aliphatic carbocycles. The van der Waals surface area contributed by atoms with Gasteiger partial charge in [0, 0.05) is 32.1 Å². The summed E-state index contributed by atoms with van der Waals surface area (Å²) in [6.45, 7) is 9.86. The molecule has 2 aromatic heterocycles. The number of nitrogens with one attached hydrogen (secondary N) is 2. The van der Waals surface area contributed by atoms with Crippen LogP contribution in [0.3, 0.4) is 0 Å². The predicted molar refractivity (Wildman–Crippen MR) is 75.6 cm³/mol. The molecule has 3 rings (SSSR count). The number of hydrogen-bond acceptors (Lipinski definition) is 6. The van der Waals surface area contributed by atoms with Gasteiger partial charge in [-0.25, -0.2) is 4.98 Å². The predicted octanol–water partition coefficient (Wildman–Crippen LogP) is 1.26. The van der Waals surface area contributed by atoms with E-state index in [0.29, 0.717) is 35.5 Å². The first kappa shape index (κ1) is 13.1. The van der Waals surface area contributed by atoms with E-state index < -0.39 is 0 Å². The van der Waals surface area contributed by atoms with Crippen molar-refractivity contribution >= 4 is 5.95 Å². The summed E-state index contributed by atoms with van der Waals surface area (Å²) >= 11 is 0. The van der Waals surface area contributed by atoms with Crippen LogP contribution in [0.15, 0.2) is 4.42 Å². The third kappa shape index (κ3) is 2.40. The van der Waals surface area contributed by atoms with Crippen molar-refractivity contribution in [1.29, 1.82) is 0 Å². The van der Waals surface area contributed by atoms with E-state index in [1.54, 1.807) is 0 Å². The quantitative estimate of drug-likeness (QED) is 0.859. The summed E-state index contributed by atoms with van der Waals surface area (Å²) < 4.78 is 5.57. The lowest BCUT2D eigenvalue weighted by atomic mass is 10.1. The molecule has 3 heterocycles. The van der Waals surface area contributed by atoms with Gasteiger partial charge in [-0.2, -0.15) is 4.98 Å². The van der Waals surface area contributed by atoms with Gasteiger partial charge in [0.1, 0.15) is 0 Å². The molecule has 7 heteroatoms. The SMILES string of the molecule is Cc1nc(C)c(-c2nc(N3CC(C)NC(C)C3)n[nH]2)o1. The van der Waals surface area contributed by atoms with E-state index in [2.05, 4.69) is 44.2 Å². The molecule has 2 N–H and O–H groups in total. The second-order valence-electron chi connectivity index (χ2n) is 5.51. The van der Waals surface area contributed by atoms with Gasteiger partial charge in [-0.1, -0.05) is 0 Å². The zero-order chi connectivity index (χ0) is 14.3. The number of aromatic nitrogens is 4. The zero-order valence-corrected chi connectivity index (χ0v) is 12.3. The van der Waals surface area contributed by atoms with Crippen LogP contribution in [0.2, 0.25) is 0 Å². The fraction of sp³-hybridized carbons (Fsp3) is 0.615. The van der Waals surface area contributed by atoms with Gasteiger partial charge in [-0.15, -0.1) is 5.10 Å². The molecule has 2 aromatic rings. The molecule has 2 unspecified atom stereocenters. The van der Waals surface area contributed by atoms with E-state index in [-0.39, 0.29) is 0 Å². The smallest absolute Gasteiger partial charge is 0.245 e. The molecule has 1 aliphatic rings. The van der Waals surface area contributed by atoms with Crippen LogP contribution in [0, 0.1) is 13.8 Å². The first-order valence-corrected chi connectivity index (χ1v) is 6.90.